The molecule has 2 aromatic carbocycles. The molecule has 8 nitrogen and oxygen atoms in total. The normalized spacial score (nSPS) is 15.5. The summed E-state index contributed by atoms with van der Waals surface area (Å²) >= 11 is 0. The van der Waals surface area contributed by atoms with Gasteiger partial charge in [0.05, 0.1) is 24.3 Å². The number of anilines is 2. The smallest absolute Gasteiger partial charge is 0.272 e. The fourth-order valence-electron chi connectivity index (χ4n) is 5.16. The molecule has 3 heterocycles. The highest BCUT2D eigenvalue weighted by Crippen LogP contribution is 2.29. The van der Waals surface area contributed by atoms with E-state index in [1.165, 1.54) is 0 Å². The zero-order valence-electron chi connectivity index (χ0n) is 21.6. The maximum atomic E-state index is 13.7. The van der Waals surface area contributed by atoms with Crippen molar-refractivity contribution in [3.63, 3.8) is 0 Å². The lowest BCUT2D eigenvalue weighted by atomic mass is 10.0. The second-order valence-electron chi connectivity index (χ2n) is 9.48. The Morgan fingerprint density at radius 1 is 1.14 bits per heavy atom. The van der Waals surface area contributed by atoms with E-state index >= 15 is 0 Å². The number of aryl methyl sites for hydroxylation is 1. The van der Waals surface area contributed by atoms with Gasteiger partial charge in [0.1, 0.15) is 0 Å². The summed E-state index contributed by atoms with van der Waals surface area (Å²) < 4.78 is 1.89. The van der Waals surface area contributed by atoms with Gasteiger partial charge >= 0.3 is 0 Å². The first-order chi connectivity index (χ1) is 18.0. The van der Waals surface area contributed by atoms with Gasteiger partial charge in [0, 0.05) is 37.0 Å². The van der Waals surface area contributed by atoms with Gasteiger partial charge in [-0.15, -0.1) is 5.92 Å². The number of hydrogen-bond donors (Lipinski definition) is 3. The zero-order valence-corrected chi connectivity index (χ0v) is 21.6. The molecule has 0 radical (unpaired) electrons. The number of carbonyl (C=O) groups excluding carboxylic acids is 1. The Balaban J connectivity index is 1.51. The molecule has 1 aliphatic heterocycles. The van der Waals surface area contributed by atoms with Crippen LogP contribution in [0.3, 0.4) is 0 Å². The lowest BCUT2D eigenvalue weighted by Crippen LogP contribution is -2.44. The van der Waals surface area contributed by atoms with Crippen LogP contribution in [0.25, 0.3) is 21.7 Å². The number of benzene rings is 2. The number of nitrogens with two attached hydrogens (primary N) is 1. The van der Waals surface area contributed by atoms with Crippen molar-refractivity contribution in [2.75, 3.05) is 30.4 Å². The van der Waals surface area contributed by atoms with E-state index in [0.29, 0.717) is 31.1 Å². The number of carbonyl (C=O) groups is 1. The number of nitrogens with zero attached hydrogens (tertiary/aromatic N) is 4. The minimum Gasteiger partial charge on any atom is -0.371 e. The Labute approximate surface area is 217 Å². The van der Waals surface area contributed by atoms with Crippen LogP contribution in [-0.2, 0) is 13.1 Å². The van der Waals surface area contributed by atoms with Crippen LogP contribution in [0.15, 0.2) is 42.5 Å². The summed E-state index contributed by atoms with van der Waals surface area (Å²) in [5, 5.41) is 9.50. The first kappa shape index (κ1) is 24.6. The van der Waals surface area contributed by atoms with Crippen LogP contribution in [0.2, 0.25) is 0 Å². The lowest BCUT2D eigenvalue weighted by molar-refractivity contribution is 0.0943. The molecular weight excluding hydrogens is 462 g/mol. The van der Waals surface area contributed by atoms with Crippen molar-refractivity contribution >= 4 is 39.3 Å². The second-order valence-corrected chi connectivity index (χ2v) is 9.48. The van der Waals surface area contributed by atoms with E-state index < -0.39 is 0 Å². The van der Waals surface area contributed by atoms with Gasteiger partial charge in [-0.3, -0.25) is 9.36 Å². The Hall–Kier alpha value is -4.09. The van der Waals surface area contributed by atoms with Crippen molar-refractivity contribution in [1.29, 1.82) is 0 Å². The average Bonchev–Trinajstić information content (AvgIpc) is 3.29. The highest BCUT2D eigenvalue weighted by molar-refractivity contribution is 6.07. The van der Waals surface area contributed by atoms with Crippen LogP contribution in [0.5, 0.6) is 0 Å². The van der Waals surface area contributed by atoms with Crippen molar-refractivity contribution in [2.24, 2.45) is 5.73 Å². The summed E-state index contributed by atoms with van der Waals surface area (Å²) in [7, 11) is 1.78. The number of pyridine rings is 1. The molecule has 0 saturated carbocycles. The highest BCUT2D eigenvalue weighted by Gasteiger charge is 2.28. The number of fused-ring (bicyclic) bond motifs is 3. The topological polar surface area (TPSA) is 101 Å². The molecule has 190 valence electrons. The molecule has 4 aromatic rings. The molecule has 1 saturated heterocycles. The number of nitrogens with one attached hydrogen (secondary N) is 2. The number of rotatable bonds is 6. The molecule has 4 N–H and O–H groups in total. The van der Waals surface area contributed by atoms with E-state index in [-0.39, 0.29) is 11.9 Å². The van der Waals surface area contributed by atoms with Crippen molar-refractivity contribution in [2.45, 2.75) is 45.8 Å². The van der Waals surface area contributed by atoms with Crippen LogP contribution in [0.1, 0.15) is 41.5 Å². The molecule has 1 aliphatic rings. The number of amides is 1. The fourth-order valence-corrected chi connectivity index (χ4v) is 5.16. The average molecular weight is 496 g/mol. The van der Waals surface area contributed by atoms with Gasteiger partial charge in [-0.25, -0.2) is 4.98 Å². The third-order valence-corrected chi connectivity index (χ3v) is 6.98. The van der Waals surface area contributed by atoms with Gasteiger partial charge in [0.15, 0.2) is 11.5 Å². The molecule has 0 spiro atoms. The predicted octanol–water partition coefficient (Wildman–Crippen LogP) is 3.82. The zero-order chi connectivity index (χ0) is 25.9. The Bertz CT molecular complexity index is 1530. The van der Waals surface area contributed by atoms with E-state index in [1.807, 2.05) is 16.7 Å². The summed E-state index contributed by atoms with van der Waals surface area (Å²) in [6.45, 7) is 6.07. The first-order valence-corrected chi connectivity index (χ1v) is 12.7. The molecule has 5 rings (SSSR count). The first-order valence-electron chi connectivity index (χ1n) is 12.7. The van der Waals surface area contributed by atoms with Crippen molar-refractivity contribution < 1.29 is 4.79 Å². The number of para-hydroxylation sites is 1. The Morgan fingerprint density at radius 2 is 1.92 bits per heavy atom. The van der Waals surface area contributed by atoms with E-state index in [0.717, 1.165) is 58.3 Å². The molecule has 2 aromatic heterocycles. The van der Waals surface area contributed by atoms with Crippen LogP contribution < -0.4 is 21.3 Å². The van der Waals surface area contributed by atoms with Crippen LogP contribution in [0, 0.1) is 18.8 Å². The molecule has 37 heavy (non-hydrogen) atoms. The second kappa shape index (κ2) is 10.5. The third-order valence-electron chi connectivity index (χ3n) is 6.98. The van der Waals surface area contributed by atoms with Gasteiger partial charge in [-0.2, -0.15) is 4.98 Å². The van der Waals surface area contributed by atoms with Crippen molar-refractivity contribution in [3.8, 4) is 11.8 Å². The SMILES string of the molecule is CC#CCn1c(N2CCC[C@@H](N)C2)nc(NC)c1C(=O)NCc1nc2c(C)cccc2c2ccccc12. The van der Waals surface area contributed by atoms with E-state index in [9.17, 15) is 4.79 Å². The lowest BCUT2D eigenvalue weighted by Gasteiger charge is -2.31. The minimum atomic E-state index is -0.224. The minimum absolute atomic E-state index is 0.0854. The standard InChI is InChI=1S/C29H33N7O/c1-4-5-16-36-26(27(31-3)34-29(36)35-15-9-11-20(30)18-35)28(37)32-17-24-22-13-7-6-12-21(22)23-14-8-10-19(2)25(23)33-24/h6-8,10,12-14,20,31H,9,11,15-18,30H2,1-3H3,(H,32,37)/t20-/m1/s1. The predicted molar refractivity (Wildman–Crippen MR) is 150 cm³/mol. The largest absolute Gasteiger partial charge is 0.371 e. The quantitative estimate of drug-likeness (QED) is 0.278. The summed E-state index contributed by atoms with van der Waals surface area (Å²) in [5.74, 6) is 7.07. The maximum Gasteiger partial charge on any atom is 0.272 e. The van der Waals surface area contributed by atoms with Gasteiger partial charge < -0.3 is 21.3 Å². The molecule has 0 bridgehead atoms. The van der Waals surface area contributed by atoms with Crippen molar-refractivity contribution in [1.82, 2.24) is 19.9 Å². The number of imidazole rings is 1. The third kappa shape index (κ3) is 4.70. The summed E-state index contributed by atoms with van der Waals surface area (Å²) in [6.07, 6.45) is 1.98. The maximum absolute atomic E-state index is 13.7. The number of aromatic nitrogens is 3. The van der Waals surface area contributed by atoms with Gasteiger partial charge in [0.2, 0.25) is 5.95 Å². The number of hydrogen-bond acceptors (Lipinski definition) is 6. The molecule has 8 heteroatoms. The fraction of sp³-hybridized carbons (Fsp3) is 0.345. The Kier molecular flexibility index (Phi) is 6.97. The van der Waals surface area contributed by atoms with Gasteiger partial charge in [0.25, 0.3) is 5.91 Å². The van der Waals surface area contributed by atoms with E-state index in [2.05, 4.69) is 64.6 Å². The Morgan fingerprint density at radius 3 is 2.68 bits per heavy atom. The molecule has 0 aliphatic carbocycles. The monoisotopic (exact) mass is 495 g/mol. The van der Waals surface area contributed by atoms with Crippen molar-refractivity contribution in [3.05, 3.63) is 59.4 Å². The van der Waals surface area contributed by atoms with Crippen LogP contribution >= 0.6 is 0 Å². The summed E-state index contributed by atoms with van der Waals surface area (Å²) in [5.41, 5.74) is 9.60. The molecular formula is C29H33N7O. The summed E-state index contributed by atoms with van der Waals surface area (Å²) in [4.78, 5) is 25.6. The summed E-state index contributed by atoms with van der Waals surface area (Å²) in [6, 6.07) is 14.5. The molecule has 1 amide bonds. The van der Waals surface area contributed by atoms with Gasteiger partial charge in [-0.05, 0) is 37.6 Å². The van der Waals surface area contributed by atoms with E-state index in [1.54, 1.807) is 14.0 Å². The number of piperidine rings is 1. The molecule has 1 atom stereocenters. The van der Waals surface area contributed by atoms with Gasteiger partial charge in [-0.1, -0.05) is 48.4 Å². The highest BCUT2D eigenvalue weighted by atomic mass is 16.2. The van der Waals surface area contributed by atoms with Crippen LogP contribution in [-0.4, -0.2) is 46.6 Å². The van der Waals surface area contributed by atoms with E-state index in [4.69, 9.17) is 15.7 Å². The molecule has 1 fully saturated rings. The molecule has 0 unspecified atom stereocenters. The van der Waals surface area contributed by atoms with Crippen LogP contribution in [0.4, 0.5) is 11.8 Å².